The molecule has 2 N–H and O–H groups in total. The summed E-state index contributed by atoms with van der Waals surface area (Å²) in [6.45, 7) is 3.46. The van der Waals surface area contributed by atoms with E-state index in [4.69, 9.17) is 4.42 Å². The lowest BCUT2D eigenvalue weighted by molar-refractivity contribution is 0.0648. The van der Waals surface area contributed by atoms with Crippen molar-refractivity contribution in [2.75, 3.05) is 25.5 Å². The lowest BCUT2D eigenvalue weighted by Crippen LogP contribution is -2.40. The van der Waals surface area contributed by atoms with Crippen LogP contribution in [-0.2, 0) is 5.54 Å². The Kier molecular flexibility index (Phi) is 6.32. The number of amides is 1. The minimum atomic E-state index is -2.72. The number of carbonyl (C=O) groups is 1. The van der Waals surface area contributed by atoms with Gasteiger partial charge < -0.3 is 24.5 Å². The SMILES string of the molecule is C[C@@H](NC(=O)c1cn(C2(C(F)F)CC2)c(=O)cc1NC1CCN(C)CC1)c1cccc2c(F)coc12. The first-order valence-corrected chi connectivity index (χ1v) is 12.2. The van der Waals surface area contributed by atoms with E-state index >= 15 is 0 Å². The fourth-order valence-electron chi connectivity index (χ4n) is 4.99. The van der Waals surface area contributed by atoms with Gasteiger partial charge in [-0.25, -0.2) is 13.2 Å². The Balaban J connectivity index is 1.48. The standard InChI is InChI=1S/C26H29F3N4O3/c1-15(17-4-3-5-18-20(27)14-36-23(17)18)30-24(35)19-13-33(26(8-9-26)25(28)29)22(34)12-21(19)31-16-6-10-32(2)11-7-16/h3-5,12-16,25,31H,6-11H2,1-2H3,(H,30,35)/t15-/m1/s1. The van der Waals surface area contributed by atoms with Crippen molar-refractivity contribution >= 4 is 22.6 Å². The first-order valence-electron chi connectivity index (χ1n) is 12.2. The van der Waals surface area contributed by atoms with Crippen LogP contribution in [0.5, 0.6) is 0 Å². The van der Waals surface area contributed by atoms with Crippen molar-refractivity contribution in [3.63, 3.8) is 0 Å². The van der Waals surface area contributed by atoms with Crippen molar-refractivity contribution in [1.82, 2.24) is 14.8 Å². The molecule has 0 spiro atoms. The summed E-state index contributed by atoms with van der Waals surface area (Å²) in [6, 6.07) is 5.71. The van der Waals surface area contributed by atoms with Crippen molar-refractivity contribution in [3.05, 3.63) is 64.0 Å². The predicted molar refractivity (Wildman–Crippen MR) is 130 cm³/mol. The van der Waals surface area contributed by atoms with Gasteiger partial charge in [0.25, 0.3) is 17.9 Å². The summed E-state index contributed by atoms with van der Waals surface area (Å²) in [5.41, 5.74) is -0.793. The highest BCUT2D eigenvalue weighted by Crippen LogP contribution is 2.48. The van der Waals surface area contributed by atoms with E-state index in [1.807, 2.05) is 7.05 Å². The molecule has 0 unspecified atom stereocenters. The van der Waals surface area contributed by atoms with Gasteiger partial charge in [-0.15, -0.1) is 0 Å². The smallest absolute Gasteiger partial charge is 0.261 e. The second kappa shape index (κ2) is 9.31. The molecule has 2 aromatic heterocycles. The van der Waals surface area contributed by atoms with Crippen LogP contribution in [0.15, 0.2) is 45.9 Å². The minimum absolute atomic E-state index is 0.0465. The number of rotatable bonds is 7. The van der Waals surface area contributed by atoms with Gasteiger partial charge in [-0.2, -0.15) is 0 Å². The summed E-state index contributed by atoms with van der Waals surface area (Å²) in [6.07, 6.45) is 1.55. The normalized spacial score (nSPS) is 18.9. The monoisotopic (exact) mass is 502 g/mol. The van der Waals surface area contributed by atoms with E-state index in [1.54, 1.807) is 25.1 Å². The molecule has 5 rings (SSSR count). The lowest BCUT2D eigenvalue weighted by Gasteiger charge is -2.31. The lowest BCUT2D eigenvalue weighted by atomic mass is 10.0. The number of hydrogen-bond donors (Lipinski definition) is 2. The van der Waals surface area contributed by atoms with Gasteiger partial charge in [-0.3, -0.25) is 9.59 Å². The van der Waals surface area contributed by atoms with E-state index in [0.29, 0.717) is 22.2 Å². The van der Waals surface area contributed by atoms with Crippen LogP contribution in [0, 0.1) is 5.82 Å². The minimum Gasteiger partial charge on any atom is -0.461 e. The average Bonchev–Trinajstić information content (AvgIpc) is 3.57. The maximum Gasteiger partial charge on any atom is 0.261 e. The zero-order chi connectivity index (χ0) is 25.6. The molecule has 36 heavy (non-hydrogen) atoms. The van der Waals surface area contributed by atoms with E-state index in [2.05, 4.69) is 15.5 Å². The molecule has 1 saturated carbocycles. The Bertz CT molecular complexity index is 1340. The number of nitrogens with zero attached hydrogens (tertiary/aromatic N) is 2. The Morgan fingerprint density at radius 2 is 1.94 bits per heavy atom. The van der Waals surface area contributed by atoms with Gasteiger partial charge in [-0.05, 0) is 58.8 Å². The molecule has 2 fully saturated rings. The molecule has 0 bridgehead atoms. The molecule has 1 aliphatic heterocycles. The Morgan fingerprint density at radius 3 is 2.61 bits per heavy atom. The number of anilines is 1. The van der Waals surface area contributed by atoms with Crippen LogP contribution in [0.3, 0.4) is 0 Å². The largest absolute Gasteiger partial charge is 0.461 e. The van der Waals surface area contributed by atoms with Gasteiger partial charge in [0, 0.05) is 23.9 Å². The summed E-state index contributed by atoms with van der Waals surface area (Å²) >= 11 is 0. The fourth-order valence-corrected chi connectivity index (χ4v) is 4.99. The number of hydrogen-bond acceptors (Lipinski definition) is 5. The van der Waals surface area contributed by atoms with Crippen LogP contribution in [-0.4, -0.2) is 48.0 Å². The first kappa shape index (κ1) is 24.4. The third kappa shape index (κ3) is 4.38. The van der Waals surface area contributed by atoms with Gasteiger partial charge in [0.1, 0.15) is 17.4 Å². The number of likely N-dealkylation sites (tertiary alicyclic amines) is 1. The Hall–Kier alpha value is -3.27. The molecule has 0 radical (unpaired) electrons. The van der Waals surface area contributed by atoms with Crippen LogP contribution in [0.1, 0.15) is 54.6 Å². The van der Waals surface area contributed by atoms with Crippen molar-refractivity contribution in [2.45, 2.75) is 56.7 Å². The predicted octanol–water partition coefficient (Wildman–Crippen LogP) is 4.48. The highest BCUT2D eigenvalue weighted by molar-refractivity contribution is 5.99. The van der Waals surface area contributed by atoms with Crippen molar-refractivity contribution < 1.29 is 22.4 Å². The summed E-state index contributed by atoms with van der Waals surface area (Å²) in [5.74, 6) is -1.02. The molecule has 1 atom stereocenters. The number of pyridine rings is 1. The molecule has 1 aliphatic carbocycles. The van der Waals surface area contributed by atoms with E-state index in [9.17, 15) is 22.8 Å². The van der Waals surface area contributed by atoms with E-state index < -0.39 is 35.3 Å². The maximum atomic E-state index is 14.0. The molecule has 3 heterocycles. The maximum absolute atomic E-state index is 14.0. The van der Waals surface area contributed by atoms with Gasteiger partial charge in [0.15, 0.2) is 5.82 Å². The molecular weight excluding hydrogens is 473 g/mol. The molecule has 10 heteroatoms. The molecule has 1 saturated heterocycles. The van der Waals surface area contributed by atoms with Gasteiger partial charge in [0.2, 0.25) is 0 Å². The van der Waals surface area contributed by atoms with E-state index in [-0.39, 0.29) is 24.4 Å². The number of para-hydroxylation sites is 1. The molecular formula is C26H29F3N4O3. The Labute approximate surface area is 206 Å². The molecule has 192 valence electrons. The summed E-state index contributed by atoms with van der Waals surface area (Å²) < 4.78 is 48.1. The number of fused-ring (bicyclic) bond motifs is 1. The number of furan rings is 1. The fraction of sp³-hybridized carbons (Fsp3) is 0.462. The van der Waals surface area contributed by atoms with Crippen LogP contribution in [0.4, 0.5) is 18.9 Å². The number of piperidine rings is 1. The first-order chi connectivity index (χ1) is 17.2. The van der Waals surface area contributed by atoms with Gasteiger partial charge in [-0.1, -0.05) is 12.1 Å². The van der Waals surface area contributed by atoms with Crippen molar-refractivity contribution in [3.8, 4) is 0 Å². The number of alkyl halides is 2. The van der Waals surface area contributed by atoms with Crippen LogP contribution >= 0.6 is 0 Å². The second-order valence-electron chi connectivity index (χ2n) is 9.94. The molecule has 2 aliphatic rings. The summed E-state index contributed by atoms with van der Waals surface area (Å²) in [5, 5.41) is 6.49. The highest BCUT2D eigenvalue weighted by atomic mass is 19.3. The Morgan fingerprint density at radius 1 is 1.22 bits per heavy atom. The third-order valence-corrected chi connectivity index (χ3v) is 7.42. The highest BCUT2D eigenvalue weighted by Gasteiger charge is 2.53. The number of aromatic nitrogens is 1. The number of halogens is 3. The summed E-state index contributed by atoms with van der Waals surface area (Å²) in [7, 11) is 2.03. The molecule has 1 amide bonds. The molecule has 7 nitrogen and oxygen atoms in total. The number of nitrogens with one attached hydrogen (secondary N) is 2. The van der Waals surface area contributed by atoms with Crippen LogP contribution < -0.4 is 16.2 Å². The number of carbonyl (C=O) groups excluding carboxylic acids is 1. The molecule has 1 aromatic carbocycles. The van der Waals surface area contributed by atoms with Crippen LogP contribution in [0.2, 0.25) is 0 Å². The number of benzene rings is 1. The van der Waals surface area contributed by atoms with E-state index in [0.717, 1.165) is 36.8 Å². The van der Waals surface area contributed by atoms with Gasteiger partial charge in [0.05, 0.1) is 22.7 Å². The van der Waals surface area contributed by atoms with Crippen LogP contribution in [0.25, 0.3) is 11.0 Å². The third-order valence-electron chi connectivity index (χ3n) is 7.42. The second-order valence-corrected chi connectivity index (χ2v) is 9.94. The topological polar surface area (TPSA) is 79.5 Å². The zero-order valence-corrected chi connectivity index (χ0v) is 20.2. The zero-order valence-electron chi connectivity index (χ0n) is 20.2. The molecule has 3 aromatic rings. The average molecular weight is 503 g/mol. The van der Waals surface area contributed by atoms with Crippen molar-refractivity contribution in [2.24, 2.45) is 0 Å². The van der Waals surface area contributed by atoms with E-state index in [1.165, 1.54) is 12.3 Å². The van der Waals surface area contributed by atoms with Crippen molar-refractivity contribution in [1.29, 1.82) is 0 Å². The quantitative estimate of drug-likeness (QED) is 0.498. The van der Waals surface area contributed by atoms with Gasteiger partial charge >= 0.3 is 0 Å². The summed E-state index contributed by atoms with van der Waals surface area (Å²) in [4.78, 5) is 28.6.